The van der Waals surface area contributed by atoms with Crippen molar-refractivity contribution in [1.29, 1.82) is 0 Å². The molecule has 1 aromatic rings. The number of methoxy groups -OCH3 is 1. The lowest BCUT2D eigenvalue weighted by Gasteiger charge is -2.28. The summed E-state index contributed by atoms with van der Waals surface area (Å²) in [5, 5.41) is 8.05. The van der Waals surface area contributed by atoms with E-state index < -0.39 is 0 Å². The van der Waals surface area contributed by atoms with Crippen LogP contribution in [0.3, 0.4) is 0 Å². The summed E-state index contributed by atoms with van der Waals surface area (Å²) in [6.07, 6.45) is 10.2. The highest BCUT2D eigenvalue weighted by molar-refractivity contribution is 6.07. The van der Waals surface area contributed by atoms with E-state index in [1.807, 2.05) is 31.2 Å². The minimum Gasteiger partial charge on any atom is -0.495 e. The quantitative estimate of drug-likeness (QED) is 0.402. The molecule has 0 saturated carbocycles. The fourth-order valence-electron chi connectivity index (χ4n) is 3.05. The minimum absolute atomic E-state index is 0.736. The van der Waals surface area contributed by atoms with Crippen LogP contribution in [0.25, 0.3) is 0 Å². The molecule has 0 fully saturated rings. The molecule has 25 heavy (non-hydrogen) atoms. The molecule has 0 amide bonds. The molecule has 1 aromatic carbocycles. The summed E-state index contributed by atoms with van der Waals surface area (Å²) in [4.78, 5) is 2.17. The highest BCUT2D eigenvalue weighted by atomic mass is 16.5. The molecule has 0 spiro atoms. The van der Waals surface area contributed by atoms with Gasteiger partial charge in [-0.3, -0.25) is 0 Å². The first-order valence-electron chi connectivity index (χ1n) is 8.59. The maximum atomic E-state index is 5.66. The van der Waals surface area contributed by atoms with Gasteiger partial charge in [0.2, 0.25) is 0 Å². The molecule has 1 aliphatic rings. The van der Waals surface area contributed by atoms with Gasteiger partial charge in [0.15, 0.2) is 5.84 Å². The second-order valence-corrected chi connectivity index (χ2v) is 6.02. The molecule has 0 aromatic heterocycles. The number of aryl methyl sites for hydroxylation is 1. The van der Waals surface area contributed by atoms with Crippen molar-refractivity contribution in [2.24, 2.45) is 10.2 Å². The van der Waals surface area contributed by atoms with E-state index in [1.165, 1.54) is 16.7 Å². The van der Waals surface area contributed by atoms with Crippen LogP contribution in [-0.4, -0.2) is 26.2 Å². The van der Waals surface area contributed by atoms with Gasteiger partial charge in [0.05, 0.1) is 12.8 Å². The summed E-state index contributed by atoms with van der Waals surface area (Å²) in [5.41, 5.74) is 4.96. The largest absolute Gasteiger partial charge is 0.495 e. The molecule has 0 bridgehead atoms. The average molecular weight is 337 g/mol. The molecule has 0 aliphatic heterocycles. The van der Waals surface area contributed by atoms with Gasteiger partial charge in [0.1, 0.15) is 5.75 Å². The Morgan fingerprint density at radius 3 is 2.72 bits per heavy atom. The van der Waals surface area contributed by atoms with E-state index in [9.17, 15) is 0 Å². The number of hydrogen-bond acceptors (Lipinski definition) is 3. The lowest BCUT2D eigenvalue weighted by atomic mass is 10.1. The Morgan fingerprint density at radius 1 is 1.36 bits per heavy atom. The van der Waals surface area contributed by atoms with Gasteiger partial charge in [-0.1, -0.05) is 42.9 Å². The summed E-state index contributed by atoms with van der Waals surface area (Å²) in [5.74, 6) is 1.59. The van der Waals surface area contributed by atoms with Crippen molar-refractivity contribution in [2.75, 3.05) is 18.6 Å². The maximum absolute atomic E-state index is 5.66. The van der Waals surface area contributed by atoms with Crippen LogP contribution >= 0.6 is 0 Å². The monoisotopic (exact) mass is 337 g/mol. The van der Waals surface area contributed by atoms with Crippen LogP contribution in [0.4, 0.5) is 5.69 Å². The number of amidine groups is 1. The number of hydrogen-bond donors (Lipinski definition) is 0. The van der Waals surface area contributed by atoms with Crippen LogP contribution in [-0.2, 0) is 6.42 Å². The second kappa shape index (κ2) is 9.02. The Bertz CT molecular complexity index is 719. The van der Waals surface area contributed by atoms with E-state index in [0.29, 0.717) is 0 Å². The molecule has 0 atom stereocenters. The first kappa shape index (κ1) is 18.7. The zero-order chi connectivity index (χ0) is 18.2. The third kappa shape index (κ3) is 4.47. The second-order valence-electron chi connectivity index (χ2n) is 6.02. The molecule has 1 aliphatic carbocycles. The highest BCUT2D eigenvalue weighted by Crippen LogP contribution is 2.34. The summed E-state index contributed by atoms with van der Waals surface area (Å²) < 4.78 is 5.66. The molecule has 0 N–H and O–H groups in total. The minimum atomic E-state index is 0.736. The number of anilines is 1. The summed E-state index contributed by atoms with van der Waals surface area (Å²) in [6.45, 7) is 10.5. The number of rotatable bonds is 7. The molecule has 0 radical (unpaired) electrons. The fourth-order valence-corrected chi connectivity index (χ4v) is 3.05. The highest BCUT2D eigenvalue weighted by Gasteiger charge is 2.21. The van der Waals surface area contributed by atoms with Crippen molar-refractivity contribution in [2.45, 2.75) is 33.6 Å². The molecule has 0 unspecified atom stereocenters. The van der Waals surface area contributed by atoms with E-state index >= 15 is 0 Å². The van der Waals surface area contributed by atoms with E-state index in [1.54, 1.807) is 7.11 Å². The van der Waals surface area contributed by atoms with Crippen molar-refractivity contribution in [3.05, 3.63) is 59.2 Å². The summed E-state index contributed by atoms with van der Waals surface area (Å²) >= 11 is 0. The lowest BCUT2D eigenvalue weighted by molar-refractivity contribution is 0.415. The van der Waals surface area contributed by atoms with Crippen LogP contribution in [0, 0.1) is 0 Å². The van der Waals surface area contributed by atoms with Gasteiger partial charge in [0, 0.05) is 13.3 Å². The Labute approximate surface area is 150 Å². The smallest absolute Gasteiger partial charge is 0.155 e. The van der Waals surface area contributed by atoms with E-state index in [-0.39, 0.29) is 0 Å². The van der Waals surface area contributed by atoms with Crippen LogP contribution in [0.2, 0.25) is 0 Å². The molecule has 0 saturated heterocycles. The Balaban J connectivity index is 2.55. The number of ether oxygens (including phenoxy) is 1. The zero-order valence-electron chi connectivity index (χ0n) is 15.6. The van der Waals surface area contributed by atoms with E-state index in [4.69, 9.17) is 4.74 Å². The topological polar surface area (TPSA) is 37.2 Å². The Kier molecular flexibility index (Phi) is 6.75. The summed E-state index contributed by atoms with van der Waals surface area (Å²) in [6, 6.07) is 6.15. The van der Waals surface area contributed by atoms with Gasteiger partial charge in [0.25, 0.3) is 0 Å². The van der Waals surface area contributed by atoms with Gasteiger partial charge in [-0.25, -0.2) is 0 Å². The van der Waals surface area contributed by atoms with Gasteiger partial charge >= 0.3 is 0 Å². The molecule has 4 nitrogen and oxygen atoms in total. The Hall–Kier alpha value is -2.62. The third-order valence-electron chi connectivity index (χ3n) is 4.19. The van der Waals surface area contributed by atoms with Gasteiger partial charge in [-0.05, 0) is 50.0 Å². The first-order valence-corrected chi connectivity index (χ1v) is 8.59. The standard InChI is InChI=1S/C21H27N3O/c1-6-9-20(23-22-4)24(15-17-13-12-16(3)14-17)21-18(7-2)10-8-11-19(21)25-5/h6,8-13H,4,7,14-15H2,1-3,5H3/b9-6+,23-20-. The molecular weight excluding hydrogens is 310 g/mol. The zero-order valence-corrected chi connectivity index (χ0v) is 15.6. The van der Waals surface area contributed by atoms with Crippen LogP contribution in [0.1, 0.15) is 32.8 Å². The first-order chi connectivity index (χ1) is 12.1. The van der Waals surface area contributed by atoms with Crippen LogP contribution < -0.4 is 9.64 Å². The van der Waals surface area contributed by atoms with Crippen molar-refractivity contribution < 1.29 is 4.74 Å². The van der Waals surface area contributed by atoms with E-state index in [0.717, 1.165) is 36.7 Å². The normalized spacial score (nSPS) is 14.5. The average Bonchev–Trinajstić information content (AvgIpc) is 3.04. The van der Waals surface area contributed by atoms with Gasteiger partial charge < -0.3 is 9.64 Å². The van der Waals surface area contributed by atoms with Crippen molar-refractivity contribution in [1.82, 2.24) is 0 Å². The predicted octanol–water partition coefficient (Wildman–Crippen LogP) is 4.93. The molecule has 2 rings (SSSR count). The number of nitrogens with zero attached hydrogens (tertiary/aromatic N) is 3. The SMILES string of the molecule is C=N/N=C(/C=C/C)N(CC1=CC=C(C)C1)c1c(CC)cccc1OC. The third-order valence-corrected chi connectivity index (χ3v) is 4.19. The molecular formula is C21H27N3O. The predicted molar refractivity (Wildman–Crippen MR) is 108 cm³/mol. The van der Waals surface area contributed by atoms with Crippen molar-refractivity contribution in [3.63, 3.8) is 0 Å². The lowest BCUT2D eigenvalue weighted by Crippen LogP contribution is -2.32. The van der Waals surface area contributed by atoms with Crippen molar-refractivity contribution in [3.8, 4) is 5.75 Å². The number of para-hydroxylation sites is 1. The maximum Gasteiger partial charge on any atom is 0.155 e. The fraction of sp³-hybridized carbons (Fsp3) is 0.333. The van der Waals surface area contributed by atoms with Crippen LogP contribution in [0.15, 0.2) is 63.9 Å². The van der Waals surface area contributed by atoms with E-state index in [2.05, 4.69) is 53.9 Å². The molecule has 0 heterocycles. The van der Waals surface area contributed by atoms with Gasteiger partial charge in [-0.15, -0.1) is 5.10 Å². The van der Waals surface area contributed by atoms with Crippen molar-refractivity contribution >= 4 is 18.2 Å². The summed E-state index contributed by atoms with van der Waals surface area (Å²) in [7, 11) is 1.70. The van der Waals surface area contributed by atoms with Crippen LogP contribution in [0.5, 0.6) is 5.75 Å². The Morgan fingerprint density at radius 2 is 2.16 bits per heavy atom. The van der Waals surface area contributed by atoms with Gasteiger partial charge in [-0.2, -0.15) is 5.10 Å². The number of allylic oxidation sites excluding steroid dienone is 4. The molecule has 132 valence electrons. The number of benzene rings is 1. The molecule has 4 heteroatoms.